The summed E-state index contributed by atoms with van der Waals surface area (Å²) in [5.74, 6) is -0.0346. The number of hydrogen-bond donors (Lipinski definition) is 1. The molecule has 0 aliphatic carbocycles. The summed E-state index contributed by atoms with van der Waals surface area (Å²) >= 11 is 0. The van der Waals surface area contributed by atoms with Crippen molar-refractivity contribution < 1.29 is 31.1 Å². The smallest absolute Gasteiger partial charge is 0.383 e. The van der Waals surface area contributed by atoms with Crippen LogP contribution < -0.4 is 9.62 Å². The molecule has 0 saturated heterocycles. The molecule has 0 atom stereocenters. The molecule has 1 aliphatic heterocycles. The lowest BCUT2D eigenvalue weighted by molar-refractivity contribution is -0.137. The second kappa shape index (κ2) is 8.03. The van der Waals surface area contributed by atoms with Crippen LogP contribution in [-0.2, 0) is 32.2 Å². The Bertz CT molecular complexity index is 1010. The number of nitrogens with zero attached hydrogens (tertiary/aromatic N) is 1. The lowest BCUT2D eigenvalue weighted by Gasteiger charge is -2.29. The van der Waals surface area contributed by atoms with E-state index in [1.165, 1.54) is 13.2 Å². The maximum atomic E-state index is 12.7. The molecule has 3 rings (SSSR count). The zero-order valence-corrected chi connectivity index (χ0v) is 16.3. The van der Waals surface area contributed by atoms with Gasteiger partial charge in [0.1, 0.15) is 0 Å². The summed E-state index contributed by atoms with van der Waals surface area (Å²) in [4.78, 5) is 13.5. The molecule has 0 fully saturated rings. The number of amides is 1. The van der Waals surface area contributed by atoms with Crippen molar-refractivity contribution in [2.75, 3.05) is 29.9 Å². The van der Waals surface area contributed by atoms with E-state index < -0.39 is 21.8 Å². The summed E-state index contributed by atoms with van der Waals surface area (Å²) in [7, 11) is -2.52. The Morgan fingerprint density at radius 2 is 1.79 bits per heavy atom. The van der Waals surface area contributed by atoms with Gasteiger partial charge in [-0.15, -0.1) is 0 Å². The molecule has 1 heterocycles. The number of halogens is 3. The number of carbonyl (C=O) groups excluding carboxylic acids is 1. The van der Waals surface area contributed by atoms with E-state index in [0.29, 0.717) is 31.7 Å². The number of rotatable bonds is 6. The summed E-state index contributed by atoms with van der Waals surface area (Å²) in [5.41, 5.74) is 0.833. The molecular weight excluding hydrogens is 409 g/mol. The topological polar surface area (TPSA) is 75.7 Å². The molecule has 10 heteroatoms. The first-order valence-electron chi connectivity index (χ1n) is 8.74. The third-order valence-electron chi connectivity index (χ3n) is 4.54. The van der Waals surface area contributed by atoms with Crippen molar-refractivity contribution in [2.45, 2.75) is 23.9 Å². The Morgan fingerprint density at radius 1 is 1.10 bits per heavy atom. The van der Waals surface area contributed by atoms with Gasteiger partial charge in [-0.3, -0.25) is 9.52 Å². The molecule has 6 nitrogen and oxygen atoms in total. The van der Waals surface area contributed by atoms with Crippen LogP contribution in [0.4, 0.5) is 24.5 Å². The lowest BCUT2D eigenvalue weighted by Crippen LogP contribution is -2.37. The third-order valence-corrected chi connectivity index (χ3v) is 5.94. The van der Waals surface area contributed by atoms with Crippen molar-refractivity contribution in [3.8, 4) is 0 Å². The number of anilines is 2. The number of fused-ring (bicyclic) bond motifs is 1. The average molecular weight is 428 g/mol. The molecule has 156 valence electrons. The van der Waals surface area contributed by atoms with Gasteiger partial charge < -0.3 is 9.64 Å². The van der Waals surface area contributed by atoms with E-state index in [9.17, 15) is 26.4 Å². The molecule has 1 N–H and O–H groups in total. The molecule has 0 unspecified atom stereocenters. The van der Waals surface area contributed by atoms with E-state index in [4.69, 9.17) is 4.74 Å². The SMILES string of the molecule is COCCN1C(=O)CCc2cc(NS(=O)(=O)c3ccc(C(F)(F)F)cc3)ccc21. The van der Waals surface area contributed by atoms with Crippen LogP contribution in [0, 0.1) is 0 Å². The molecule has 29 heavy (non-hydrogen) atoms. The minimum Gasteiger partial charge on any atom is -0.383 e. The Hall–Kier alpha value is -2.59. The second-order valence-corrected chi connectivity index (χ2v) is 8.19. The maximum absolute atomic E-state index is 12.7. The predicted octanol–water partition coefficient (Wildman–Crippen LogP) is 3.43. The maximum Gasteiger partial charge on any atom is 0.416 e. The largest absolute Gasteiger partial charge is 0.416 e. The van der Waals surface area contributed by atoms with E-state index in [2.05, 4.69) is 4.72 Å². The Balaban J connectivity index is 1.82. The van der Waals surface area contributed by atoms with Crippen molar-refractivity contribution in [3.05, 3.63) is 53.6 Å². The van der Waals surface area contributed by atoms with Crippen molar-refractivity contribution in [2.24, 2.45) is 0 Å². The van der Waals surface area contributed by atoms with Crippen LogP contribution >= 0.6 is 0 Å². The monoisotopic (exact) mass is 428 g/mol. The van der Waals surface area contributed by atoms with Gasteiger partial charge in [-0.25, -0.2) is 8.42 Å². The number of aryl methyl sites for hydroxylation is 1. The van der Waals surface area contributed by atoms with Gasteiger partial charge in [0.25, 0.3) is 10.0 Å². The van der Waals surface area contributed by atoms with E-state index in [1.54, 1.807) is 17.0 Å². The normalized spacial score (nSPS) is 14.6. The number of ether oxygens (including phenoxy) is 1. The van der Waals surface area contributed by atoms with Crippen LogP contribution in [0.15, 0.2) is 47.4 Å². The minimum absolute atomic E-state index is 0.0346. The van der Waals surface area contributed by atoms with Gasteiger partial charge >= 0.3 is 6.18 Å². The van der Waals surface area contributed by atoms with Crippen LogP contribution in [-0.4, -0.2) is 34.6 Å². The van der Waals surface area contributed by atoms with Crippen molar-refractivity contribution in [1.29, 1.82) is 0 Å². The third kappa shape index (κ3) is 4.70. The fraction of sp³-hybridized carbons (Fsp3) is 0.316. The molecule has 1 aliphatic rings. The Morgan fingerprint density at radius 3 is 2.41 bits per heavy atom. The van der Waals surface area contributed by atoms with Gasteiger partial charge in [0, 0.05) is 31.5 Å². The number of carbonyl (C=O) groups is 1. The summed E-state index contributed by atoms with van der Waals surface area (Å²) in [6.45, 7) is 0.756. The summed E-state index contributed by atoms with van der Waals surface area (Å²) < 4.78 is 70.4. The van der Waals surface area contributed by atoms with Gasteiger partial charge in [0.05, 0.1) is 17.1 Å². The van der Waals surface area contributed by atoms with E-state index in [0.717, 1.165) is 29.8 Å². The highest BCUT2D eigenvalue weighted by Gasteiger charge is 2.31. The van der Waals surface area contributed by atoms with Crippen molar-refractivity contribution >= 4 is 27.3 Å². The molecular formula is C19H19F3N2O4S. The number of nitrogens with one attached hydrogen (secondary N) is 1. The molecule has 0 aromatic heterocycles. The molecule has 2 aromatic rings. The molecule has 0 spiro atoms. The highest BCUT2D eigenvalue weighted by atomic mass is 32.2. The van der Waals surface area contributed by atoms with Crippen LogP contribution in [0.5, 0.6) is 0 Å². The Labute approximate surface area is 166 Å². The average Bonchev–Trinajstić information content (AvgIpc) is 2.66. The van der Waals surface area contributed by atoms with E-state index in [-0.39, 0.29) is 16.5 Å². The number of alkyl halides is 3. The standard InChI is InChI=1S/C19H19F3N2O4S/c1-28-11-10-24-17-8-5-15(12-13(17)2-9-18(24)25)23-29(26,27)16-6-3-14(4-7-16)19(20,21)22/h3-8,12,23H,2,9-11H2,1H3. The van der Waals surface area contributed by atoms with Crippen molar-refractivity contribution in [3.63, 3.8) is 0 Å². The summed E-state index contributed by atoms with van der Waals surface area (Å²) in [6, 6.07) is 8.06. The molecule has 0 saturated carbocycles. The molecule has 2 aromatic carbocycles. The fourth-order valence-corrected chi connectivity index (χ4v) is 4.14. The highest BCUT2D eigenvalue weighted by molar-refractivity contribution is 7.92. The predicted molar refractivity (Wildman–Crippen MR) is 101 cm³/mol. The van der Waals surface area contributed by atoms with Gasteiger partial charge in [0.15, 0.2) is 0 Å². The van der Waals surface area contributed by atoms with Gasteiger partial charge in [-0.2, -0.15) is 13.2 Å². The minimum atomic E-state index is -4.54. The summed E-state index contributed by atoms with van der Waals surface area (Å²) in [6.07, 6.45) is -3.78. The van der Waals surface area contributed by atoms with Gasteiger partial charge in [-0.05, 0) is 54.4 Å². The first-order valence-corrected chi connectivity index (χ1v) is 10.2. The van der Waals surface area contributed by atoms with Crippen LogP contribution in [0.25, 0.3) is 0 Å². The van der Waals surface area contributed by atoms with Crippen molar-refractivity contribution in [1.82, 2.24) is 0 Å². The van der Waals surface area contributed by atoms with Crippen LogP contribution in [0.2, 0.25) is 0 Å². The lowest BCUT2D eigenvalue weighted by atomic mass is 10.0. The molecule has 1 amide bonds. The van der Waals surface area contributed by atoms with Gasteiger partial charge in [-0.1, -0.05) is 0 Å². The van der Waals surface area contributed by atoms with E-state index >= 15 is 0 Å². The summed E-state index contributed by atoms with van der Waals surface area (Å²) in [5, 5.41) is 0. The highest BCUT2D eigenvalue weighted by Crippen LogP contribution is 2.32. The first kappa shape index (κ1) is 21.1. The quantitative estimate of drug-likeness (QED) is 0.765. The van der Waals surface area contributed by atoms with Crippen LogP contribution in [0.3, 0.4) is 0 Å². The fourth-order valence-electron chi connectivity index (χ4n) is 3.09. The number of benzene rings is 2. The Kier molecular flexibility index (Phi) is 5.85. The number of hydrogen-bond acceptors (Lipinski definition) is 4. The zero-order valence-electron chi connectivity index (χ0n) is 15.5. The first-order chi connectivity index (χ1) is 13.6. The molecule has 0 radical (unpaired) electrons. The number of methoxy groups -OCH3 is 1. The zero-order chi connectivity index (χ0) is 21.2. The number of sulfonamides is 1. The second-order valence-electron chi connectivity index (χ2n) is 6.51. The van der Waals surface area contributed by atoms with Gasteiger partial charge in [0.2, 0.25) is 5.91 Å². The van der Waals surface area contributed by atoms with E-state index in [1.807, 2.05) is 0 Å². The molecule has 0 bridgehead atoms. The van der Waals surface area contributed by atoms with Crippen LogP contribution in [0.1, 0.15) is 17.5 Å².